The molecular weight excluding hydrogens is 427 g/mol. The Balaban J connectivity index is 1.69. The fourth-order valence-electron chi connectivity index (χ4n) is 4.25. The van der Waals surface area contributed by atoms with Gasteiger partial charge in [0.2, 0.25) is 0 Å². The molecule has 1 heterocycles. The fourth-order valence-corrected chi connectivity index (χ4v) is 7.27. The normalized spacial score (nSPS) is 15.6. The lowest BCUT2D eigenvalue weighted by atomic mass is 9.91. The minimum atomic E-state index is -2.85. The van der Waals surface area contributed by atoms with Gasteiger partial charge in [-0.25, -0.2) is 22.0 Å². The number of benzene rings is 2. The van der Waals surface area contributed by atoms with Crippen molar-refractivity contribution in [1.82, 2.24) is 0 Å². The second-order valence-corrected chi connectivity index (χ2v) is 11.2. The summed E-state index contributed by atoms with van der Waals surface area (Å²) in [7, 11) is -0.280. The Labute approximate surface area is 182 Å². The summed E-state index contributed by atoms with van der Waals surface area (Å²) >= 11 is 0. The molecule has 7 heteroatoms. The minimum Gasteiger partial charge on any atom is -0.482 e. The summed E-state index contributed by atoms with van der Waals surface area (Å²) < 4.78 is 72.1. The number of hydrogen-bond acceptors (Lipinski definition) is 1. The van der Waals surface area contributed by atoms with Gasteiger partial charge in [-0.2, -0.15) is 0 Å². The van der Waals surface area contributed by atoms with Crippen molar-refractivity contribution in [2.75, 3.05) is 6.61 Å². The van der Waals surface area contributed by atoms with E-state index in [1.807, 2.05) is 6.07 Å². The maximum absolute atomic E-state index is 14.8. The third kappa shape index (κ3) is 6.31. The van der Waals surface area contributed by atoms with E-state index in [0.717, 1.165) is 30.5 Å². The van der Waals surface area contributed by atoms with E-state index in [9.17, 15) is 22.0 Å². The van der Waals surface area contributed by atoms with Gasteiger partial charge in [0.15, 0.2) is 17.4 Å². The van der Waals surface area contributed by atoms with Gasteiger partial charge in [0, 0.05) is 14.4 Å². The Kier molecular flexibility index (Phi) is 8.52. The molecule has 0 spiro atoms. The van der Waals surface area contributed by atoms with E-state index in [-0.39, 0.29) is 19.9 Å². The summed E-state index contributed by atoms with van der Waals surface area (Å²) in [5, 5.41) is 0. The van der Waals surface area contributed by atoms with E-state index in [4.69, 9.17) is 0 Å². The molecule has 0 amide bonds. The average molecular weight is 456 g/mol. The second kappa shape index (κ2) is 11.1. The first-order valence-corrected chi connectivity index (χ1v) is 13.0. The first-order chi connectivity index (χ1) is 14.9. The molecule has 1 aliphatic heterocycles. The molecule has 1 aliphatic rings. The molecule has 3 rings (SSSR count). The molecule has 1 saturated heterocycles. The zero-order chi connectivity index (χ0) is 22.4. The van der Waals surface area contributed by atoms with Gasteiger partial charge in [0.25, 0.3) is 6.43 Å². The summed E-state index contributed by atoms with van der Waals surface area (Å²) in [5.74, 6) is -3.37. The van der Waals surface area contributed by atoms with Crippen LogP contribution in [0.1, 0.15) is 50.5 Å². The standard InChI is InChI=1S/C24H28F5OSi/c1-2-3-4-9-31-10-7-16(8-11-31)17-5-6-19(20(25)12-17)18-13-21(26)24(22(27)14-18)30-15-23(28)29/h5-6,12-14,16,23H,2-4,7-11,15H2,1H3. The molecule has 1 fully saturated rings. The van der Waals surface area contributed by atoms with Crippen molar-refractivity contribution < 1.29 is 26.7 Å². The van der Waals surface area contributed by atoms with Crippen molar-refractivity contribution in [3.63, 3.8) is 0 Å². The molecule has 0 N–H and O–H groups in total. The van der Waals surface area contributed by atoms with Crippen LogP contribution >= 0.6 is 0 Å². The third-order valence-corrected chi connectivity index (χ3v) is 9.01. The first kappa shape index (κ1) is 23.8. The van der Waals surface area contributed by atoms with Crippen LogP contribution in [-0.2, 0) is 0 Å². The molecule has 0 atom stereocenters. The molecule has 0 aliphatic carbocycles. The predicted molar refractivity (Wildman–Crippen MR) is 115 cm³/mol. The van der Waals surface area contributed by atoms with Gasteiger partial charge in [0.1, 0.15) is 12.4 Å². The van der Waals surface area contributed by atoms with E-state index in [1.165, 1.54) is 43.5 Å². The highest BCUT2D eigenvalue weighted by Gasteiger charge is 2.24. The molecule has 0 bridgehead atoms. The van der Waals surface area contributed by atoms with Crippen LogP contribution < -0.4 is 4.74 Å². The van der Waals surface area contributed by atoms with Crippen LogP contribution in [-0.4, -0.2) is 21.8 Å². The topological polar surface area (TPSA) is 9.23 Å². The number of halogens is 5. The van der Waals surface area contributed by atoms with Crippen molar-refractivity contribution in [3.05, 3.63) is 53.3 Å². The Bertz CT molecular complexity index is 842. The highest BCUT2D eigenvalue weighted by Crippen LogP contribution is 2.37. The van der Waals surface area contributed by atoms with Crippen LogP contribution in [0, 0.1) is 17.5 Å². The van der Waals surface area contributed by atoms with Crippen molar-refractivity contribution in [2.45, 2.75) is 69.5 Å². The van der Waals surface area contributed by atoms with Gasteiger partial charge in [-0.15, -0.1) is 0 Å². The molecule has 0 unspecified atom stereocenters. The zero-order valence-electron chi connectivity index (χ0n) is 17.7. The van der Waals surface area contributed by atoms with Crippen molar-refractivity contribution in [2.24, 2.45) is 0 Å². The van der Waals surface area contributed by atoms with E-state index in [1.54, 1.807) is 6.07 Å². The SMILES string of the molecule is CCCCC[Si]1CCC(c2ccc(-c3cc(F)c(OCC(F)F)c(F)c3)c(F)c2)CC1. The smallest absolute Gasteiger partial charge is 0.272 e. The summed E-state index contributed by atoms with van der Waals surface area (Å²) in [6.45, 7) is 1.10. The fraction of sp³-hybridized carbons (Fsp3) is 0.500. The van der Waals surface area contributed by atoms with Crippen molar-refractivity contribution in [1.29, 1.82) is 0 Å². The Morgan fingerprint density at radius 3 is 2.23 bits per heavy atom. The molecule has 31 heavy (non-hydrogen) atoms. The lowest BCUT2D eigenvalue weighted by Crippen LogP contribution is -2.20. The highest BCUT2D eigenvalue weighted by atomic mass is 28.3. The van der Waals surface area contributed by atoms with E-state index < -0.39 is 36.2 Å². The monoisotopic (exact) mass is 455 g/mol. The molecule has 0 saturated carbocycles. The van der Waals surface area contributed by atoms with Crippen LogP contribution in [0.3, 0.4) is 0 Å². The van der Waals surface area contributed by atoms with Gasteiger partial charge in [-0.1, -0.05) is 56.5 Å². The largest absolute Gasteiger partial charge is 0.482 e. The molecule has 2 aromatic rings. The molecule has 1 radical (unpaired) electrons. The Morgan fingerprint density at radius 2 is 1.65 bits per heavy atom. The molecule has 1 nitrogen and oxygen atoms in total. The summed E-state index contributed by atoms with van der Waals surface area (Å²) in [4.78, 5) is 0. The van der Waals surface area contributed by atoms with Gasteiger partial charge < -0.3 is 4.74 Å². The van der Waals surface area contributed by atoms with Crippen LogP contribution in [0.25, 0.3) is 11.1 Å². The summed E-state index contributed by atoms with van der Waals surface area (Å²) in [5.41, 5.74) is 1.00. The van der Waals surface area contributed by atoms with E-state index >= 15 is 0 Å². The lowest BCUT2D eigenvalue weighted by molar-refractivity contribution is 0.0777. The van der Waals surface area contributed by atoms with Gasteiger partial charge in [0.05, 0.1) is 0 Å². The minimum absolute atomic E-state index is 0.00788. The van der Waals surface area contributed by atoms with E-state index in [0.29, 0.717) is 5.92 Å². The maximum atomic E-state index is 14.8. The van der Waals surface area contributed by atoms with Crippen molar-refractivity contribution in [3.8, 4) is 16.9 Å². The number of hydrogen-bond donors (Lipinski definition) is 0. The van der Waals surface area contributed by atoms with Gasteiger partial charge >= 0.3 is 0 Å². The summed E-state index contributed by atoms with van der Waals surface area (Å²) in [6.07, 6.45) is 3.14. The molecular formula is C24H28F5OSi. The quantitative estimate of drug-likeness (QED) is 0.212. The van der Waals surface area contributed by atoms with Crippen molar-refractivity contribution >= 4 is 8.80 Å². The van der Waals surface area contributed by atoms with Crippen LogP contribution in [0.2, 0.25) is 18.1 Å². The lowest BCUT2D eigenvalue weighted by Gasteiger charge is -2.28. The molecule has 2 aromatic carbocycles. The highest BCUT2D eigenvalue weighted by molar-refractivity contribution is 6.59. The van der Waals surface area contributed by atoms with Crippen LogP contribution in [0.4, 0.5) is 22.0 Å². The number of unbranched alkanes of at least 4 members (excludes halogenated alkanes) is 2. The zero-order valence-corrected chi connectivity index (χ0v) is 18.7. The first-order valence-electron chi connectivity index (χ1n) is 10.9. The van der Waals surface area contributed by atoms with Crippen LogP contribution in [0.15, 0.2) is 30.3 Å². The average Bonchev–Trinajstić information content (AvgIpc) is 2.73. The van der Waals surface area contributed by atoms with E-state index in [2.05, 4.69) is 11.7 Å². The predicted octanol–water partition coefficient (Wildman–Crippen LogP) is 7.98. The van der Waals surface area contributed by atoms with Gasteiger partial charge in [-0.05, 0) is 48.1 Å². The molecule has 169 valence electrons. The number of ether oxygens (including phenoxy) is 1. The molecule has 0 aromatic heterocycles. The maximum Gasteiger partial charge on any atom is 0.272 e. The van der Waals surface area contributed by atoms with Gasteiger partial charge in [-0.3, -0.25) is 0 Å². The summed E-state index contributed by atoms with van der Waals surface area (Å²) in [6, 6.07) is 10.5. The Hall–Kier alpha value is -1.89. The Morgan fingerprint density at radius 1 is 0.968 bits per heavy atom. The number of alkyl halides is 2. The number of rotatable bonds is 9. The third-order valence-electron chi connectivity index (χ3n) is 5.95. The second-order valence-electron chi connectivity index (χ2n) is 8.19. The van der Waals surface area contributed by atoms with Crippen LogP contribution in [0.5, 0.6) is 5.75 Å².